The summed E-state index contributed by atoms with van der Waals surface area (Å²) in [4.78, 5) is 12.0. The molecular weight excluding hydrogens is 284 g/mol. The SMILES string of the molecule is COc1cccc(C(C)NC(=O)CSC2CCNCC2)c1. The molecule has 1 aromatic carbocycles. The smallest absolute Gasteiger partial charge is 0.230 e. The number of hydrogen-bond acceptors (Lipinski definition) is 4. The second kappa shape index (κ2) is 8.29. The van der Waals surface area contributed by atoms with Gasteiger partial charge in [-0.25, -0.2) is 0 Å². The fourth-order valence-electron chi connectivity index (χ4n) is 2.43. The average Bonchev–Trinajstić information content (AvgIpc) is 2.54. The Bertz CT molecular complexity index is 461. The van der Waals surface area contributed by atoms with E-state index >= 15 is 0 Å². The number of rotatable bonds is 6. The molecule has 0 aliphatic carbocycles. The zero-order chi connectivity index (χ0) is 15.1. The highest BCUT2D eigenvalue weighted by Crippen LogP contribution is 2.21. The van der Waals surface area contributed by atoms with E-state index in [9.17, 15) is 4.79 Å². The lowest BCUT2D eigenvalue weighted by atomic mass is 10.1. The lowest BCUT2D eigenvalue weighted by Gasteiger charge is -2.22. The van der Waals surface area contributed by atoms with Crippen molar-refractivity contribution >= 4 is 17.7 Å². The van der Waals surface area contributed by atoms with Crippen LogP contribution in [0.15, 0.2) is 24.3 Å². The van der Waals surface area contributed by atoms with Crippen LogP contribution < -0.4 is 15.4 Å². The van der Waals surface area contributed by atoms with Crippen LogP contribution in [0.2, 0.25) is 0 Å². The van der Waals surface area contributed by atoms with Crippen molar-refractivity contribution in [3.05, 3.63) is 29.8 Å². The molecule has 21 heavy (non-hydrogen) atoms. The maximum Gasteiger partial charge on any atom is 0.230 e. The summed E-state index contributed by atoms with van der Waals surface area (Å²) in [5.74, 6) is 1.46. The van der Waals surface area contributed by atoms with Crippen LogP contribution in [0.25, 0.3) is 0 Å². The monoisotopic (exact) mass is 308 g/mol. The first-order valence-electron chi connectivity index (χ1n) is 7.44. The summed E-state index contributed by atoms with van der Waals surface area (Å²) < 4.78 is 5.21. The van der Waals surface area contributed by atoms with Crippen molar-refractivity contribution < 1.29 is 9.53 Å². The standard InChI is InChI=1S/C16H24N2O2S/c1-12(13-4-3-5-14(10-13)20-2)18-16(19)11-21-15-6-8-17-9-7-15/h3-5,10,12,15,17H,6-9,11H2,1-2H3,(H,18,19). The maximum atomic E-state index is 12.0. The number of amides is 1. The molecule has 1 saturated heterocycles. The Labute approximate surface area is 131 Å². The predicted octanol–water partition coefficient (Wildman–Crippen LogP) is 2.36. The third kappa shape index (κ3) is 5.25. The molecule has 1 fully saturated rings. The molecule has 2 rings (SSSR count). The minimum atomic E-state index is 0.00113. The van der Waals surface area contributed by atoms with Gasteiger partial charge in [-0.05, 0) is 50.6 Å². The molecule has 0 radical (unpaired) electrons. The van der Waals surface area contributed by atoms with E-state index < -0.39 is 0 Å². The second-order valence-electron chi connectivity index (χ2n) is 5.33. The number of thioether (sulfide) groups is 1. The van der Waals surface area contributed by atoms with Gasteiger partial charge in [0.15, 0.2) is 0 Å². The molecule has 2 N–H and O–H groups in total. The molecule has 1 unspecified atom stereocenters. The third-order valence-corrected chi connectivity index (χ3v) is 5.08. The molecule has 1 aliphatic heterocycles. The lowest BCUT2D eigenvalue weighted by molar-refractivity contribution is -0.119. The summed E-state index contributed by atoms with van der Waals surface area (Å²) >= 11 is 1.77. The van der Waals surface area contributed by atoms with Gasteiger partial charge < -0.3 is 15.4 Å². The normalized spacial score (nSPS) is 17.2. The molecule has 1 aliphatic rings. The Morgan fingerprint density at radius 2 is 2.24 bits per heavy atom. The van der Waals surface area contributed by atoms with E-state index in [1.165, 1.54) is 0 Å². The molecule has 0 saturated carbocycles. The second-order valence-corrected chi connectivity index (χ2v) is 6.61. The fourth-order valence-corrected chi connectivity index (χ4v) is 3.47. The molecule has 1 heterocycles. The Hall–Kier alpha value is -1.20. The van der Waals surface area contributed by atoms with Crippen molar-refractivity contribution in [2.24, 2.45) is 0 Å². The molecule has 1 amide bonds. The fraction of sp³-hybridized carbons (Fsp3) is 0.562. The van der Waals surface area contributed by atoms with Crippen molar-refractivity contribution in [2.75, 3.05) is 26.0 Å². The number of hydrogen-bond donors (Lipinski definition) is 2. The summed E-state index contributed by atoms with van der Waals surface area (Å²) in [7, 11) is 1.65. The Morgan fingerprint density at radius 1 is 1.48 bits per heavy atom. The van der Waals surface area contributed by atoms with Crippen molar-refractivity contribution in [3.8, 4) is 5.75 Å². The van der Waals surface area contributed by atoms with Gasteiger partial charge in [0.1, 0.15) is 5.75 Å². The minimum Gasteiger partial charge on any atom is -0.497 e. The van der Waals surface area contributed by atoms with Gasteiger partial charge in [-0.2, -0.15) is 0 Å². The largest absolute Gasteiger partial charge is 0.497 e. The molecule has 116 valence electrons. The van der Waals surface area contributed by atoms with Gasteiger partial charge in [0.2, 0.25) is 5.91 Å². The van der Waals surface area contributed by atoms with Gasteiger partial charge in [0, 0.05) is 5.25 Å². The van der Waals surface area contributed by atoms with Gasteiger partial charge in [-0.15, -0.1) is 11.8 Å². The summed E-state index contributed by atoms with van der Waals surface area (Å²) in [6.07, 6.45) is 2.31. The van der Waals surface area contributed by atoms with E-state index in [0.717, 1.165) is 37.2 Å². The first kappa shape index (κ1) is 16.2. The van der Waals surface area contributed by atoms with Crippen LogP contribution in [0.3, 0.4) is 0 Å². The molecule has 4 nitrogen and oxygen atoms in total. The zero-order valence-electron chi connectivity index (χ0n) is 12.7. The highest BCUT2D eigenvalue weighted by molar-refractivity contribution is 8.00. The number of carbonyl (C=O) groups excluding carboxylic acids is 1. The molecule has 0 bridgehead atoms. The van der Waals surface area contributed by atoms with Crippen LogP contribution in [-0.2, 0) is 4.79 Å². The number of benzene rings is 1. The van der Waals surface area contributed by atoms with E-state index in [0.29, 0.717) is 11.0 Å². The van der Waals surface area contributed by atoms with Crippen LogP contribution in [0.5, 0.6) is 5.75 Å². The van der Waals surface area contributed by atoms with Gasteiger partial charge in [-0.1, -0.05) is 12.1 Å². The molecule has 0 aromatic heterocycles. The van der Waals surface area contributed by atoms with Gasteiger partial charge in [0.25, 0.3) is 0 Å². The Kier molecular flexibility index (Phi) is 6.39. The summed E-state index contributed by atoms with van der Waals surface area (Å²) in [5, 5.41) is 7.01. The van der Waals surface area contributed by atoms with E-state index in [-0.39, 0.29) is 11.9 Å². The van der Waals surface area contributed by atoms with E-state index in [4.69, 9.17) is 4.74 Å². The molecule has 1 aromatic rings. The summed E-state index contributed by atoms with van der Waals surface area (Å²) in [6, 6.07) is 7.82. The number of piperidine rings is 1. The van der Waals surface area contributed by atoms with Crippen molar-refractivity contribution in [1.82, 2.24) is 10.6 Å². The van der Waals surface area contributed by atoms with Gasteiger partial charge in [0.05, 0.1) is 18.9 Å². The van der Waals surface area contributed by atoms with Crippen LogP contribution in [0.1, 0.15) is 31.4 Å². The Balaban J connectivity index is 1.78. The van der Waals surface area contributed by atoms with Crippen molar-refractivity contribution in [3.63, 3.8) is 0 Å². The number of ether oxygens (including phenoxy) is 1. The van der Waals surface area contributed by atoms with Crippen LogP contribution in [-0.4, -0.2) is 37.1 Å². The zero-order valence-corrected chi connectivity index (χ0v) is 13.5. The van der Waals surface area contributed by atoms with Gasteiger partial charge in [-0.3, -0.25) is 4.79 Å². The summed E-state index contributed by atoms with van der Waals surface area (Å²) in [6.45, 7) is 4.14. The molecular formula is C16H24N2O2S. The average molecular weight is 308 g/mol. The topological polar surface area (TPSA) is 50.4 Å². The predicted molar refractivity (Wildman–Crippen MR) is 87.9 cm³/mol. The van der Waals surface area contributed by atoms with Gasteiger partial charge >= 0.3 is 0 Å². The number of methoxy groups -OCH3 is 1. The Morgan fingerprint density at radius 3 is 2.95 bits per heavy atom. The third-order valence-electron chi connectivity index (χ3n) is 3.71. The molecule has 5 heteroatoms. The highest BCUT2D eigenvalue weighted by Gasteiger charge is 2.16. The van der Waals surface area contributed by atoms with E-state index in [1.807, 2.05) is 31.2 Å². The van der Waals surface area contributed by atoms with Crippen LogP contribution in [0, 0.1) is 0 Å². The first-order valence-corrected chi connectivity index (χ1v) is 8.49. The van der Waals surface area contributed by atoms with E-state index in [2.05, 4.69) is 10.6 Å². The van der Waals surface area contributed by atoms with Crippen LogP contribution in [0.4, 0.5) is 0 Å². The van der Waals surface area contributed by atoms with Crippen molar-refractivity contribution in [1.29, 1.82) is 0 Å². The summed E-state index contributed by atoms with van der Waals surface area (Å²) in [5.41, 5.74) is 1.06. The van der Waals surface area contributed by atoms with Crippen molar-refractivity contribution in [2.45, 2.75) is 31.1 Å². The lowest BCUT2D eigenvalue weighted by Crippen LogP contribution is -2.32. The minimum absolute atomic E-state index is 0.00113. The first-order chi connectivity index (χ1) is 10.2. The number of nitrogens with one attached hydrogen (secondary N) is 2. The van der Waals surface area contributed by atoms with E-state index in [1.54, 1.807) is 18.9 Å². The van der Waals surface area contributed by atoms with Crippen LogP contribution >= 0.6 is 11.8 Å². The molecule has 1 atom stereocenters. The highest BCUT2D eigenvalue weighted by atomic mass is 32.2. The number of carbonyl (C=O) groups is 1. The molecule has 0 spiro atoms. The maximum absolute atomic E-state index is 12.0. The quantitative estimate of drug-likeness (QED) is 0.847.